The van der Waals surface area contributed by atoms with E-state index in [1.807, 2.05) is 0 Å². The SMILES string of the molecule is CCc1ccc2c(c1)C(CCOCCOCCOC)(CCOCCOCCOC)c1cc(C(C)(C)CC)ccc1-2. The van der Waals surface area contributed by atoms with Crippen LogP contribution in [0.5, 0.6) is 0 Å². The lowest BCUT2D eigenvalue weighted by Gasteiger charge is -2.34. The highest BCUT2D eigenvalue weighted by molar-refractivity contribution is 5.82. The molecular formula is C34H52O6. The molecule has 0 atom stereocenters. The molecule has 3 rings (SSSR count). The van der Waals surface area contributed by atoms with Crippen LogP contribution in [-0.2, 0) is 45.7 Å². The molecule has 6 heteroatoms. The molecule has 0 aromatic heterocycles. The van der Waals surface area contributed by atoms with Crippen molar-refractivity contribution in [3.63, 3.8) is 0 Å². The van der Waals surface area contributed by atoms with Crippen LogP contribution >= 0.6 is 0 Å². The van der Waals surface area contributed by atoms with Crippen molar-refractivity contribution in [2.75, 3.05) is 80.3 Å². The first-order valence-corrected chi connectivity index (χ1v) is 15.0. The summed E-state index contributed by atoms with van der Waals surface area (Å²) in [5, 5.41) is 0. The Kier molecular flexibility index (Phi) is 13.6. The van der Waals surface area contributed by atoms with E-state index < -0.39 is 0 Å². The molecule has 0 spiro atoms. The molecule has 6 nitrogen and oxygen atoms in total. The van der Waals surface area contributed by atoms with Crippen molar-refractivity contribution in [3.8, 4) is 11.1 Å². The second kappa shape index (κ2) is 16.6. The average Bonchev–Trinajstić information content (AvgIpc) is 3.24. The number of rotatable bonds is 21. The van der Waals surface area contributed by atoms with Gasteiger partial charge in [0.2, 0.25) is 0 Å². The van der Waals surface area contributed by atoms with Crippen LogP contribution in [0.3, 0.4) is 0 Å². The number of ether oxygens (including phenoxy) is 6. The lowest BCUT2D eigenvalue weighted by molar-refractivity contribution is 0.0145. The van der Waals surface area contributed by atoms with Crippen molar-refractivity contribution in [2.45, 2.75) is 64.2 Å². The molecule has 0 saturated heterocycles. The first kappa shape index (κ1) is 32.7. The van der Waals surface area contributed by atoms with Gasteiger partial charge in [-0.15, -0.1) is 0 Å². The third-order valence-electron chi connectivity index (χ3n) is 8.45. The number of fused-ring (bicyclic) bond motifs is 3. The maximum Gasteiger partial charge on any atom is 0.0701 e. The Morgan fingerprint density at radius 2 is 1.07 bits per heavy atom. The summed E-state index contributed by atoms with van der Waals surface area (Å²) in [5.41, 5.74) is 8.20. The normalized spacial score (nSPS) is 13.9. The van der Waals surface area contributed by atoms with E-state index >= 15 is 0 Å². The van der Waals surface area contributed by atoms with Crippen LogP contribution in [0, 0.1) is 0 Å². The molecule has 0 radical (unpaired) electrons. The summed E-state index contributed by atoms with van der Waals surface area (Å²) in [5.74, 6) is 0. The second-order valence-corrected chi connectivity index (χ2v) is 11.2. The fraction of sp³-hybridized carbons (Fsp3) is 0.647. The van der Waals surface area contributed by atoms with E-state index in [0.717, 1.165) is 25.7 Å². The zero-order valence-electron chi connectivity index (χ0n) is 25.8. The van der Waals surface area contributed by atoms with Crippen LogP contribution in [0.4, 0.5) is 0 Å². The molecule has 2 aromatic rings. The van der Waals surface area contributed by atoms with Gasteiger partial charge < -0.3 is 28.4 Å². The van der Waals surface area contributed by atoms with E-state index in [1.165, 1.54) is 33.4 Å². The van der Waals surface area contributed by atoms with Gasteiger partial charge in [0.05, 0.1) is 52.9 Å². The molecule has 40 heavy (non-hydrogen) atoms. The zero-order valence-corrected chi connectivity index (χ0v) is 25.8. The second-order valence-electron chi connectivity index (χ2n) is 11.2. The Hall–Kier alpha value is -1.80. The quantitative estimate of drug-likeness (QED) is 0.167. The van der Waals surface area contributed by atoms with Gasteiger partial charge in [-0.25, -0.2) is 0 Å². The smallest absolute Gasteiger partial charge is 0.0701 e. The van der Waals surface area contributed by atoms with Gasteiger partial charge in [-0.2, -0.15) is 0 Å². The van der Waals surface area contributed by atoms with Crippen molar-refractivity contribution >= 4 is 0 Å². The molecule has 1 aliphatic rings. The topological polar surface area (TPSA) is 55.4 Å². The molecule has 0 N–H and O–H groups in total. The van der Waals surface area contributed by atoms with Crippen LogP contribution in [0.25, 0.3) is 11.1 Å². The highest BCUT2D eigenvalue weighted by atomic mass is 16.5. The average molecular weight is 557 g/mol. The molecule has 2 aromatic carbocycles. The number of benzene rings is 2. The van der Waals surface area contributed by atoms with Gasteiger partial charge in [0.1, 0.15) is 0 Å². The van der Waals surface area contributed by atoms with Crippen LogP contribution in [0.2, 0.25) is 0 Å². The van der Waals surface area contributed by atoms with Crippen molar-refractivity contribution in [3.05, 3.63) is 58.7 Å². The predicted molar refractivity (Wildman–Crippen MR) is 162 cm³/mol. The Labute approximate surface area is 242 Å². The molecule has 0 unspecified atom stereocenters. The Balaban J connectivity index is 1.86. The van der Waals surface area contributed by atoms with E-state index in [4.69, 9.17) is 28.4 Å². The molecule has 0 bridgehead atoms. The molecule has 224 valence electrons. The third-order valence-corrected chi connectivity index (χ3v) is 8.45. The summed E-state index contributed by atoms with van der Waals surface area (Å²) in [6, 6.07) is 14.2. The van der Waals surface area contributed by atoms with Gasteiger partial charge in [-0.05, 0) is 64.5 Å². The lowest BCUT2D eigenvalue weighted by Crippen LogP contribution is -2.30. The third kappa shape index (κ3) is 8.37. The molecule has 0 heterocycles. The summed E-state index contributed by atoms with van der Waals surface area (Å²) >= 11 is 0. The minimum absolute atomic E-state index is 0.107. The molecule has 1 aliphatic carbocycles. The Morgan fingerprint density at radius 1 is 0.600 bits per heavy atom. The largest absolute Gasteiger partial charge is 0.382 e. The van der Waals surface area contributed by atoms with Crippen molar-refractivity contribution < 1.29 is 28.4 Å². The van der Waals surface area contributed by atoms with E-state index in [0.29, 0.717) is 66.1 Å². The maximum atomic E-state index is 6.15. The van der Waals surface area contributed by atoms with E-state index in [2.05, 4.69) is 64.1 Å². The van der Waals surface area contributed by atoms with Crippen molar-refractivity contribution in [1.29, 1.82) is 0 Å². The standard InChI is InChI=1S/C34H52O6/c1-7-27-9-11-29-30-12-10-28(33(3,4)8-2)26-32(30)34(31(29)25-27,13-15-37-21-23-39-19-17-35-5)14-16-38-22-24-40-20-18-36-6/h9-12,25-26H,7-8,13-24H2,1-6H3. The molecule has 0 fully saturated rings. The van der Waals surface area contributed by atoms with Crippen molar-refractivity contribution in [1.82, 2.24) is 0 Å². The van der Waals surface area contributed by atoms with Crippen LogP contribution < -0.4 is 0 Å². The first-order valence-electron chi connectivity index (χ1n) is 15.0. The summed E-state index contributed by atoms with van der Waals surface area (Å²) in [7, 11) is 3.37. The van der Waals surface area contributed by atoms with Crippen LogP contribution in [0.15, 0.2) is 36.4 Å². The molecule has 0 saturated carbocycles. The maximum absolute atomic E-state index is 6.15. The summed E-state index contributed by atoms with van der Waals surface area (Å²) in [6.45, 7) is 15.2. The van der Waals surface area contributed by atoms with E-state index in [-0.39, 0.29) is 10.8 Å². The fourth-order valence-corrected chi connectivity index (χ4v) is 5.47. The Bertz CT molecular complexity index is 997. The first-order chi connectivity index (χ1) is 19.4. The monoisotopic (exact) mass is 556 g/mol. The van der Waals surface area contributed by atoms with Gasteiger partial charge in [-0.1, -0.05) is 64.1 Å². The zero-order chi connectivity index (χ0) is 28.8. The molecule has 0 aliphatic heterocycles. The highest BCUT2D eigenvalue weighted by Crippen LogP contribution is 2.54. The molecular weight excluding hydrogens is 504 g/mol. The van der Waals surface area contributed by atoms with Crippen LogP contribution in [-0.4, -0.2) is 80.3 Å². The van der Waals surface area contributed by atoms with Gasteiger partial charge in [0, 0.05) is 32.8 Å². The number of hydrogen-bond donors (Lipinski definition) is 0. The summed E-state index contributed by atoms with van der Waals surface area (Å²) < 4.78 is 33.7. The Morgan fingerprint density at radius 3 is 1.57 bits per heavy atom. The van der Waals surface area contributed by atoms with Crippen molar-refractivity contribution in [2.24, 2.45) is 0 Å². The highest BCUT2D eigenvalue weighted by Gasteiger charge is 2.43. The number of hydrogen-bond acceptors (Lipinski definition) is 6. The predicted octanol–water partition coefficient (Wildman–Crippen LogP) is 6.34. The van der Waals surface area contributed by atoms with Gasteiger partial charge in [0.15, 0.2) is 0 Å². The number of methoxy groups -OCH3 is 2. The summed E-state index contributed by atoms with van der Waals surface area (Å²) in [4.78, 5) is 0. The summed E-state index contributed by atoms with van der Waals surface area (Å²) in [6.07, 6.45) is 3.88. The fourth-order valence-electron chi connectivity index (χ4n) is 5.47. The molecule has 0 amide bonds. The van der Waals surface area contributed by atoms with Gasteiger partial charge in [-0.3, -0.25) is 0 Å². The van der Waals surface area contributed by atoms with Crippen LogP contribution in [0.1, 0.15) is 69.2 Å². The van der Waals surface area contributed by atoms with E-state index in [1.54, 1.807) is 14.2 Å². The van der Waals surface area contributed by atoms with E-state index in [9.17, 15) is 0 Å². The lowest BCUT2D eigenvalue weighted by atomic mass is 9.71. The van der Waals surface area contributed by atoms with Gasteiger partial charge >= 0.3 is 0 Å². The number of aryl methyl sites for hydroxylation is 1. The van der Waals surface area contributed by atoms with Gasteiger partial charge in [0.25, 0.3) is 0 Å². The minimum atomic E-state index is -0.177. The minimum Gasteiger partial charge on any atom is -0.382 e.